The highest BCUT2D eigenvalue weighted by Gasteiger charge is 2.17. The highest BCUT2D eigenvalue weighted by molar-refractivity contribution is 7.85. The molecule has 3 N–H and O–H groups in total. The first-order valence-electron chi connectivity index (χ1n) is 4.23. The van der Waals surface area contributed by atoms with Crippen LogP contribution in [0.25, 0.3) is 0 Å². The first-order chi connectivity index (χ1) is 7.41. The third-order valence-electron chi connectivity index (χ3n) is 1.80. The van der Waals surface area contributed by atoms with Gasteiger partial charge in [-0.05, 0) is 18.2 Å². The van der Waals surface area contributed by atoms with Crippen molar-refractivity contribution < 1.29 is 22.9 Å². The lowest BCUT2D eigenvalue weighted by Gasteiger charge is -2.06. The topological polar surface area (TPSA) is 80.4 Å². The van der Waals surface area contributed by atoms with E-state index in [1.165, 1.54) is 0 Å². The number of hydrogen-bond acceptors (Lipinski definition) is 3. The van der Waals surface area contributed by atoms with Crippen LogP contribution >= 0.6 is 0 Å². The Morgan fingerprint density at radius 2 is 2.06 bits per heavy atom. The fraction of sp³-hybridized carbons (Fsp3) is 0.222. The number of carboxylic acid groups (broad SMARTS) is 1. The van der Waals surface area contributed by atoms with Crippen LogP contribution in [0.15, 0.2) is 23.1 Å². The smallest absolute Gasteiger partial charge is 0.321 e. The van der Waals surface area contributed by atoms with E-state index in [2.05, 4.69) is 0 Å². The normalized spacial score (nSPS) is 14.4. The number of benzene rings is 1. The van der Waals surface area contributed by atoms with Crippen LogP contribution in [0.1, 0.15) is 0 Å². The van der Waals surface area contributed by atoms with Crippen LogP contribution in [0.5, 0.6) is 0 Å². The van der Waals surface area contributed by atoms with Gasteiger partial charge < -0.3 is 10.8 Å². The molecule has 0 saturated carbocycles. The summed E-state index contributed by atoms with van der Waals surface area (Å²) in [7, 11) is -1.77. The van der Waals surface area contributed by atoms with Crippen LogP contribution in [0.3, 0.4) is 0 Å². The van der Waals surface area contributed by atoms with Crippen molar-refractivity contribution in [2.45, 2.75) is 10.9 Å². The Morgan fingerprint density at radius 3 is 2.56 bits per heavy atom. The van der Waals surface area contributed by atoms with Crippen LogP contribution in [-0.2, 0) is 15.6 Å². The largest absolute Gasteiger partial charge is 0.480 e. The van der Waals surface area contributed by atoms with Gasteiger partial charge in [0.2, 0.25) is 0 Å². The molecule has 16 heavy (non-hydrogen) atoms. The number of hydrogen-bond donors (Lipinski definition) is 2. The monoisotopic (exact) mass is 249 g/mol. The fourth-order valence-corrected chi connectivity index (χ4v) is 2.07. The molecule has 0 heterocycles. The minimum atomic E-state index is -1.77. The predicted octanol–water partition coefficient (Wildman–Crippen LogP) is 0.484. The van der Waals surface area contributed by atoms with Gasteiger partial charge in [-0.15, -0.1) is 0 Å². The van der Waals surface area contributed by atoms with Gasteiger partial charge in [-0.25, -0.2) is 8.78 Å². The number of carbonyl (C=O) groups is 1. The van der Waals surface area contributed by atoms with E-state index in [1.54, 1.807) is 0 Å². The van der Waals surface area contributed by atoms with Gasteiger partial charge in [-0.3, -0.25) is 9.00 Å². The second-order valence-corrected chi connectivity index (χ2v) is 4.53. The minimum absolute atomic E-state index is 0.00981. The summed E-state index contributed by atoms with van der Waals surface area (Å²) in [5.74, 6) is -3.82. The van der Waals surface area contributed by atoms with Crippen LogP contribution in [0, 0.1) is 11.6 Å². The molecule has 1 aromatic rings. The molecule has 0 aromatic heterocycles. The maximum Gasteiger partial charge on any atom is 0.321 e. The molecule has 7 heteroatoms. The van der Waals surface area contributed by atoms with Gasteiger partial charge in [0.05, 0.1) is 16.6 Å². The molecule has 1 rings (SSSR count). The van der Waals surface area contributed by atoms with Crippen LogP contribution < -0.4 is 5.73 Å². The number of rotatable bonds is 4. The minimum Gasteiger partial charge on any atom is -0.480 e. The maximum absolute atomic E-state index is 12.8. The molecule has 0 spiro atoms. The SMILES string of the molecule is NC(CS(=O)c1ccc(F)c(F)c1)C(=O)O. The van der Waals surface area contributed by atoms with Gasteiger partial charge in [0, 0.05) is 4.90 Å². The van der Waals surface area contributed by atoms with E-state index in [1.807, 2.05) is 0 Å². The van der Waals surface area contributed by atoms with Crippen LogP contribution in [0.2, 0.25) is 0 Å². The van der Waals surface area contributed by atoms with Gasteiger partial charge >= 0.3 is 5.97 Å². The number of aliphatic carboxylic acids is 1. The summed E-state index contributed by atoms with van der Waals surface area (Å²) >= 11 is 0. The van der Waals surface area contributed by atoms with E-state index in [0.29, 0.717) is 0 Å². The zero-order chi connectivity index (χ0) is 12.3. The van der Waals surface area contributed by atoms with E-state index in [0.717, 1.165) is 18.2 Å². The van der Waals surface area contributed by atoms with E-state index < -0.39 is 34.4 Å². The Balaban J connectivity index is 2.81. The summed E-state index contributed by atoms with van der Waals surface area (Å²) in [4.78, 5) is 10.4. The first-order valence-corrected chi connectivity index (χ1v) is 5.55. The Kier molecular flexibility index (Phi) is 4.08. The molecule has 0 bridgehead atoms. The highest BCUT2D eigenvalue weighted by Crippen LogP contribution is 2.12. The number of nitrogens with two attached hydrogens (primary N) is 1. The lowest BCUT2D eigenvalue weighted by Crippen LogP contribution is -2.35. The van der Waals surface area contributed by atoms with Crippen molar-refractivity contribution in [1.82, 2.24) is 0 Å². The molecule has 2 atom stereocenters. The standard InChI is InChI=1S/C9H9F2NO3S/c10-6-2-1-5(3-7(6)11)16(15)4-8(12)9(13)14/h1-3,8H,4,12H2,(H,13,14). The molecule has 0 amide bonds. The van der Waals surface area contributed by atoms with Crippen molar-refractivity contribution in [3.8, 4) is 0 Å². The van der Waals surface area contributed by atoms with Crippen molar-refractivity contribution in [2.24, 2.45) is 5.73 Å². The number of carboxylic acids is 1. The Bertz CT molecular complexity index is 439. The van der Waals surface area contributed by atoms with E-state index in [4.69, 9.17) is 10.8 Å². The van der Waals surface area contributed by atoms with E-state index >= 15 is 0 Å². The Hall–Kier alpha value is -1.34. The van der Waals surface area contributed by atoms with Crippen LogP contribution in [0.4, 0.5) is 8.78 Å². The third kappa shape index (κ3) is 3.07. The summed E-state index contributed by atoms with van der Waals surface area (Å²) in [6, 6.07) is 1.42. The molecule has 4 nitrogen and oxygen atoms in total. The molecular formula is C9H9F2NO3S. The zero-order valence-electron chi connectivity index (χ0n) is 8.02. The van der Waals surface area contributed by atoms with Crippen molar-refractivity contribution >= 4 is 16.8 Å². The summed E-state index contributed by atoms with van der Waals surface area (Å²) in [5, 5.41) is 8.48. The third-order valence-corrected chi connectivity index (χ3v) is 3.24. The van der Waals surface area contributed by atoms with E-state index in [-0.39, 0.29) is 10.6 Å². The van der Waals surface area contributed by atoms with Crippen molar-refractivity contribution in [1.29, 1.82) is 0 Å². The molecule has 0 aliphatic carbocycles. The second-order valence-electron chi connectivity index (χ2n) is 3.03. The van der Waals surface area contributed by atoms with Gasteiger partial charge in [-0.1, -0.05) is 0 Å². The molecule has 0 radical (unpaired) electrons. The van der Waals surface area contributed by atoms with Crippen LogP contribution in [-0.4, -0.2) is 27.1 Å². The second kappa shape index (κ2) is 5.13. The molecule has 0 saturated heterocycles. The molecule has 0 fully saturated rings. The zero-order valence-corrected chi connectivity index (χ0v) is 8.84. The van der Waals surface area contributed by atoms with Gasteiger partial charge in [0.15, 0.2) is 11.6 Å². The van der Waals surface area contributed by atoms with Gasteiger partial charge in [-0.2, -0.15) is 0 Å². The quantitative estimate of drug-likeness (QED) is 0.813. The molecular weight excluding hydrogens is 240 g/mol. The van der Waals surface area contributed by atoms with Crippen molar-refractivity contribution in [2.75, 3.05) is 5.75 Å². The van der Waals surface area contributed by atoms with Gasteiger partial charge in [0.25, 0.3) is 0 Å². The molecule has 0 aliphatic rings. The first kappa shape index (κ1) is 12.7. The number of halogens is 2. The average molecular weight is 249 g/mol. The summed E-state index contributed by atoms with van der Waals surface area (Å²) in [5.41, 5.74) is 5.16. The molecule has 0 aliphatic heterocycles. The maximum atomic E-state index is 12.8. The summed E-state index contributed by atoms with van der Waals surface area (Å²) < 4.78 is 36.8. The average Bonchev–Trinajstić information content (AvgIpc) is 2.21. The van der Waals surface area contributed by atoms with Crippen molar-refractivity contribution in [3.63, 3.8) is 0 Å². The lowest BCUT2D eigenvalue weighted by atomic mass is 10.3. The Morgan fingerprint density at radius 1 is 1.44 bits per heavy atom. The fourth-order valence-electron chi connectivity index (χ4n) is 0.949. The molecule has 1 aromatic carbocycles. The Labute approximate surface area is 92.5 Å². The van der Waals surface area contributed by atoms with Crippen molar-refractivity contribution in [3.05, 3.63) is 29.8 Å². The molecule has 88 valence electrons. The summed E-state index contributed by atoms with van der Waals surface area (Å²) in [6.07, 6.45) is 0. The molecule has 2 unspecified atom stereocenters. The van der Waals surface area contributed by atoms with E-state index in [9.17, 15) is 17.8 Å². The lowest BCUT2D eigenvalue weighted by molar-refractivity contribution is -0.137. The highest BCUT2D eigenvalue weighted by atomic mass is 32.2. The summed E-state index contributed by atoms with van der Waals surface area (Å²) in [6.45, 7) is 0. The van der Waals surface area contributed by atoms with Gasteiger partial charge in [0.1, 0.15) is 6.04 Å². The predicted molar refractivity (Wildman–Crippen MR) is 53.2 cm³/mol.